The zero-order valence-corrected chi connectivity index (χ0v) is 17.3. The van der Waals surface area contributed by atoms with E-state index in [0.29, 0.717) is 6.42 Å². The smallest absolute Gasteiger partial charge is 0.276 e. The first-order chi connectivity index (χ1) is 15.3. The molecule has 3 aromatic carbocycles. The Labute approximate surface area is 180 Å². The molecule has 2 aromatic heterocycles. The molecule has 0 atom stereocenters. The first-order valence-corrected chi connectivity index (χ1v) is 11.0. The molecule has 1 aliphatic carbocycles. The van der Waals surface area contributed by atoms with E-state index in [-0.39, 0.29) is 5.56 Å². The first-order valence-electron chi connectivity index (χ1n) is 11.0. The monoisotopic (exact) mass is 405 g/mol. The number of hydrogen-bond acceptors (Lipinski definition) is 2. The molecule has 31 heavy (non-hydrogen) atoms. The van der Waals surface area contributed by atoms with Gasteiger partial charge in [-0.05, 0) is 47.6 Å². The number of aryl methyl sites for hydroxylation is 1. The van der Waals surface area contributed by atoms with Crippen LogP contribution in [0.4, 0.5) is 0 Å². The van der Waals surface area contributed by atoms with E-state index in [4.69, 9.17) is 4.98 Å². The molecular weight excluding hydrogens is 382 g/mol. The summed E-state index contributed by atoms with van der Waals surface area (Å²) in [4.78, 5) is 18.4. The number of aromatic amines is 1. The Kier molecular flexibility index (Phi) is 4.23. The van der Waals surface area contributed by atoms with Gasteiger partial charge >= 0.3 is 0 Å². The van der Waals surface area contributed by atoms with E-state index in [9.17, 15) is 4.79 Å². The number of nitrogens with zero attached hydrogens (tertiary/aromatic N) is 2. The Morgan fingerprint density at radius 2 is 1.65 bits per heavy atom. The summed E-state index contributed by atoms with van der Waals surface area (Å²) in [5.41, 5.74) is 7.02. The second-order valence-electron chi connectivity index (χ2n) is 8.36. The van der Waals surface area contributed by atoms with Crippen LogP contribution < -0.4 is 5.56 Å². The molecule has 0 fully saturated rings. The minimum atomic E-state index is 0.0560. The molecule has 5 aromatic rings. The molecule has 0 aliphatic heterocycles. The third kappa shape index (κ3) is 2.98. The number of hydrogen-bond donors (Lipinski definition) is 1. The minimum absolute atomic E-state index is 0.0560. The maximum Gasteiger partial charge on any atom is 0.276 e. The van der Waals surface area contributed by atoms with E-state index in [1.54, 1.807) is 4.52 Å². The van der Waals surface area contributed by atoms with Crippen LogP contribution in [0.5, 0.6) is 0 Å². The van der Waals surface area contributed by atoms with Crippen LogP contribution in [0.15, 0.2) is 77.6 Å². The Hall–Kier alpha value is -3.66. The van der Waals surface area contributed by atoms with E-state index in [2.05, 4.69) is 71.8 Å². The number of H-pyrrole nitrogens is 1. The molecule has 0 amide bonds. The summed E-state index contributed by atoms with van der Waals surface area (Å²) < 4.78 is 1.68. The highest BCUT2D eigenvalue weighted by atomic mass is 16.1. The predicted molar refractivity (Wildman–Crippen MR) is 125 cm³/mol. The van der Waals surface area contributed by atoms with Crippen molar-refractivity contribution in [2.45, 2.75) is 32.1 Å². The molecule has 0 spiro atoms. The van der Waals surface area contributed by atoms with Crippen LogP contribution in [0.25, 0.3) is 27.5 Å². The van der Waals surface area contributed by atoms with E-state index >= 15 is 0 Å². The van der Waals surface area contributed by atoms with Crippen molar-refractivity contribution in [3.8, 4) is 11.1 Å². The molecule has 0 saturated carbocycles. The summed E-state index contributed by atoms with van der Waals surface area (Å²) >= 11 is 0. The Bertz CT molecular complexity index is 1470. The Morgan fingerprint density at radius 3 is 2.55 bits per heavy atom. The van der Waals surface area contributed by atoms with Gasteiger partial charge in [0, 0.05) is 23.2 Å². The third-order valence-electron chi connectivity index (χ3n) is 6.41. The molecule has 1 aliphatic rings. The van der Waals surface area contributed by atoms with Gasteiger partial charge in [-0.3, -0.25) is 9.89 Å². The van der Waals surface area contributed by atoms with Gasteiger partial charge in [0.25, 0.3) is 5.56 Å². The van der Waals surface area contributed by atoms with E-state index < -0.39 is 0 Å². The van der Waals surface area contributed by atoms with E-state index in [1.807, 2.05) is 6.07 Å². The number of nitrogens with one attached hydrogen (secondary N) is 1. The summed E-state index contributed by atoms with van der Waals surface area (Å²) in [5, 5.41) is 5.80. The fourth-order valence-corrected chi connectivity index (χ4v) is 4.90. The van der Waals surface area contributed by atoms with Crippen molar-refractivity contribution in [3.63, 3.8) is 0 Å². The van der Waals surface area contributed by atoms with Gasteiger partial charge in [0.05, 0.1) is 5.69 Å². The molecule has 152 valence electrons. The zero-order chi connectivity index (χ0) is 20.8. The second kappa shape index (κ2) is 7.24. The SMILES string of the molecule is O=c1c2c(nc3c(-c4cccc5ccccc45)c(Cc4ccccc4)[nH]n13)CCCC2. The van der Waals surface area contributed by atoms with Crippen molar-refractivity contribution in [3.05, 3.63) is 106 Å². The van der Waals surface area contributed by atoms with Gasteiger partial charge in [-0.1, -0.05) is 72.8 Å². The van der Waals surface area contributed by atoms with Gasteiger partial charge in [0.15, 0.2) is 5.65 Å². The predicted octanol–water partition coefficient (Wildman–Crippen LogP) is 5.31. The van der Waals surface area contributed by atoms with Crippen LogP contribution in [0.3, 0.4) is 0 Å². The van der Waals surface area contributed by atoms with Gasteiger partial charge in [0.1, 0.15) is 0 Å². The number of benzene rings is 3. The molecule has 2 heterocycles. The van der Waals surface area contributed by atoms with Gasteiger partial charge in [-0.15, -0.1) is 0 Å². The second-order valence-corrected chi connectivity index (χ2v) is 8.36. The summed E-state index contributed by atoms with van der Waals surface area (Å²) in [6.45, 7) is 0. The van der Waals surface area contributed by atoms with Crippen LogP contribution in [-0.4, -0.2) is 14.6 Å². The average molecular weight is 406 g/mol. The number of fused-ring (bicyclic) bond motifs is 3. The lowest BCUT2D eigenvalue weighted by Gasteiger charge is -2.14. The first kappa shape index (κ1) is 18.1. The van der Waals surface area contributed by atoms with Crippen molar-refractivity contribution in [2.24, 2.45) is 0 Å². The van der Waals surface area contributed by atoms with Crippen LogP contribution in [0.2, 0.25) is 0 Å². The summed E-state index contributed by atoms with van der Waals surface area (Å²) in [5.74, 6) is 0. The topological polar surface area (TPSA) is 50.2 Å². The highest BCUT2D eigenvalue weighted by molar-refractivity contribution is 6.00. The lowest BCUT2D eigenvalue weighted by atomic mass is 9.95. The highest BCUT2D eigenvalue weighted by Crippen LogP contribution is 2.35. The molecule has 1 N–H and O–H groups in total. The summed E-state index contributed by atoms with van der Waals surface area (Å²) in [6, 6.07) is 25.2. The van der Waals surface area contributed by atoms with Crippen LogP contribution >= 0.6 is 0 Å². The molecule has 0 radical (unpaired) electrons. The van der Waals surface area contributed by atoms with Crippen molar-refractivity contribution in [1.29, 1.82) is 0 Å². The third-order valence-corrected chi connectivity index (χ3v) is 6.41. The molecule has 0 unspecified atom stereocenters. The van der Waals surface area contributed by atoms with Crippen molar-refractivity contribution in [1.82, 2.24) is 14.6 Å². The zero-order valence-electron chi connectivity index (χ0n) is 17.3. The van der Waals surface area contributed by atoms with Crippen LogP contribution in [-0.2, 0) is 19.3 Å². The van der Waals surface area contributed by atoms with Crippen molar-refractivity contribution in [2.75, 3.05) is 0 Å². The largest absolute Gasteiger partial charge is 0.293 e. The maximum atomic E-state index is 13.4. The standard InChI is InChI=1S/C27H23N3O/c31-27-22-14-6-7-16-23(22)28-26-25(21-15-8-12-19-11-4-5-13-20(19)21)24(29-30(26)27)17-18-9-2-1-3-10-18/h1-5,8-13,15,29H,6-7,14,16-17H2. The quantitative estimate of drug-likeness (QED) is 0.442. The maximum absolute atomic E-state index is 13.4. The molecule has 0 bridgehead atoms. The molecule has 4 nitrogen and oxygen atoms in total. The molecular formula is C27H23N3O. The van der Waals surface area contributed by atoms with Gasteiger partial charge in [-0.2, -0.15) is 0 Å². The fraction of sp³-hybridized carbons (Fsp3) is 0.185. The van der Waals surface area contributed by atoms with Gasteiger partial charge in [-0.25, -0.2) is 9.50 Å². The Balaban J connectivity index is 1.68. The fourth-order valence-electron chi connectivity index (χ4n) is 4.90. The lowest BCUT2D eigenvalue weighted by molar-refractivity contribution is 0.650. The summed E-state index contributed by atoms with van der Waals surface area (Å²) in [6.07, 6.45) is 4.58. The minimum Gasteiger partial charge on any atom is -0.293 e. The van der Waals surface area contributed by atoms with E-state index in [1.165, 1.54) is 16.3 Å². The van der Waals surface area contributed by atoms with Gasteiger partial charge < -0.3 is 0 Å². The Morgan fingerprint density at radius 1 is 0.871 bits per heavy atom. The van der Waals surface area contributed by atoms with Crippen LogP contribution in [0, 0.1) is 0 Å². The molecule has 0 saturated heterocycles. The summed E-state index contributed by atoms with van der Waals surface area (Å²) in [7, 11) is 0. The number of rotatable bonds is 3. The normalized spacial score (nSPS) is 13.5. The van der Waals surface area contributed by atoms with E-state index in [0.717, 1.165) is 59.4 Å². The highest BCUT2D eigenvalue weighted by Gasteiger charge is 2.23. The van der Waals surface area contributed by atoms with Gasteiger partial charge in [0.2, 0.25) is 0 Å². The van der Waals surface area contributed by atoms with Crippen LogP contribution in [0.1, 0.15) is 35.4 Å². The molecule has 4 heteroatoms. The lowest BCUT2D eigenvalue weighted by Crippen LogP contribution is -2.25. The van der Waals surface area contributed by atoms with Crippen molar-refractivity contribution >= 4 is 16.4 Å². The van der Waals surface area contributed by atoms with Crippen molar-refractivity contribution < 1.29 is 0 Å². The molecule has 6 rings (SSSR count). The number of aromatic nitrogens is 3. The average Bonchev–Trinajstić information content (AvgIpc) is 3.17.